The van der Waals surface area contributed by atoms with Crippen LogP contribution < -0.4 is 5.32 Å². The Balaban J connectivity index is 2.47. The van der Waals surface area contributed by atoms with Crippen molar-refractivity contribution in [3.05, 3.63) is 19.9 Å². The van der Waals surface area contributed by atoms with Crippen LogP contribution in [0.25, 0.3) is 0 Å². The molecule has 15 heavy (non-hydrogen) atoms. The van der Waals surface area contributed by atoms with Crippen LogP contribution in [0.15, 0.2) is 11.4 Å². The van der Waals surface area contributed by atoms with E-state index in [-0.39, 0.29) is 12.5 Å². The second-order valence-corrected chi connectivity index (χ2v) is 5.51. The molecule has 3 N–H and O–H groups in total. The Morgan fingerprint density at radius 1 is 1.60 bits per heavy atom. The van der Waals surface area contributed by atoms with Crippen LogP contribution in [0.5, 0.6) is 0 Å². The lowest BCUT2D eigenvalue weighted by Gasteiger charge is -2.06. The molecule has 7 heteroatoms. The fourth-order valence-electron chi connectivity index (χ4n) is 0.808. The van der Waals surface area contributed by atoms with Crippen LogP contribution >= 0.6 is 33.9 Å². The Bertz CT molecular complexity index is 378. The summed E-state index contributed by atoms with van der Waals surface area (Å²) in [7, 11) is 0. The predicted molar refractivity (Wildman–Crippen MR) is 63.0 cm³/mol. The molecule has 1 aromatic heterocycles. The molecule has 0 bridgehead atoms. The molecule has 1 heterocycles. The molecule has 1 aromatic rings. The van der Waals surface area contributed by atoms with Crippen molar-refractivity contribution < 1.29 is 19.8 Å². The first-order valence-electron chi connectivity index (χ1n) is 3.94. The summed E-state index contributed by atoms with van der Waals surface area (Å²) in [5.41, 5.74) is 0.474. The number of aliphatic hydroxyl groups excluding tert-OH is 1. The zero-order valence-corrected chi connectivity index (χ0v) is 10.4. The molecule has 0 radical (unpaired) electrons. The highest BCUT2D eigenvalue weighted by Gasteiger charge is 2.15. The fourth-order valence-corrected chi connectivity index (χ4v) is 2.13. The number of carboxylic acids is 1. The molecular formula is C8H8INO4S. The van der Waals surface area contributed by atoms with E-state index in [2.05, 4.69) is 27.9 Å². The van der Waals surface area contributed by atoms with Gasteiger partial charge in [0.25, 0.3) is 5.91 Å². The van der Waals surface area contributed by atoms with E-state index in [4.69, 9.17) is 10.2 Å². The summed E-state index contributed by atoms with van der Waals surface area (Å²) in [6.45, 7) is -0.291. The zero-order valence-electron chi connectivity index (χ0n) is 7.44. The lowest BCUT2D eigenvalue weighted by Crippen LogP contribution is -2.36. The van der Waals surface area contributed by atoms with E-state index in [0.29, 0.717) is 5.56 Å². The van der Waals surface area contributed by atoms with E-state index in [0.717, 1.165) is 2.88 Å². The summed E-state index contributed by atoms with van der Waals surface area (Å²) in [6.07, 6.45) is -1.56. The van der Waals surface area contributed by atoms with Crippen LogP contribution in [0, 0.1) is 2.88 Å². The topological polar surface area (TPSA) is 86.6 Å². The molecule has 1 amide bonds. The minimum Gasteiger partial charge on any atom is -0.479 e. The third-order valence-corrected chi connectivity index (χ3v) is 3.36. The van der Waals surface area contributed by atoms with Crippen molar-refractivity contribution in [3.63, 3.8) is 0 Å². The van der Waals surface area contributed by atoms with Gasteiger partial charge in [0, 0.05) is 5.38 Å². The Morgan fingerprint density at radius 3 is 2.73 bits per heavy atom. The first kappa shape index (κ1) is 12.4. The fraction of sp³-hybridized carbons (Fsp3) is 0.250. The molecule has 1 atom stereocenters. The lowest BCUT2D eigenvalue weighted by atomic mass is 10.3. The normalized spacial score (nSPS) is 12.1. The molecule has 1 rings (SSSR count). The van der Waals surface area contributed by atoms with Crippen LogP contribution in [0.1, 0.15) is 10.4 Å². The number of thiophene rings is 1. The smallest absolute Gasteiger partial charge is 0.334 e. The maximum atomic E-state index is 11.4. The van der Waals surface area contributed by atoms with E-state index in [1.807, 2.05) is 0 Å². The van der Waals surface area contributed by atoms with Gasteiger partial charge in [-0.1, -0.05) is 0 Å². The van der Waals surface area contributed by atoms with Gasteiger partial charge in [-0.25, -0.2) is 4.79 Å². The number of carboxylic acid groups (broad SMARTS) is 1. The Morgan fingerprint density at radius 2 is 2.27 bits per heavy atom. The van der Waals surface area contributed by atoms with Crippen molar-refractivity contribution in [2.24, 2.45) is 0 Å². The highest BCUT2D eigenvalue weighted by molar-refractivity contribution is 14.1. The van der Waals surface area contributed by atoms with Gasteiger partial charge in [0.15, 0.2) is 6.10 Å². The number of nitrogens with one attached hydrogen (secondary N) is 1. The molecule has 0 aliphatic heterocycles. The molecule has 0 saturated carbocycles. The second-order valence-electron chi connectivity index (χ2n) is 2.70. The summed E-state index contributed by atoms with van der Waals surface area (Å²) in [5, 5.41) is 21.3. The van der Waals surface area contributed by atoms with Gasteiger partial charge in [-0.05, 0) is 28.7 Å². The largest absolute Gasteiger partial charge is 0.479 e. The second kappa shape index (κ2) is 5.42. The van der Waals surface area contributed by atoms with Gasteiger partial charge in [-0.15, -0.1) is 11.3 Å². The maximum absolute atomic E-state index is 11.4. The van der Waals surface area contributed by atoms with Crippen LogP contribution in [-0.4, -0.2) is 34.7 Å². The number of amides is 1. The molecule has 0 fully saturated rings. The van der Waals surface area contributed by atoms with Crippen molar-refractivity contribution in [3.8, 4) is 0 Å². The molecule has 0 aromatic carbocycles. The van der Waals surface area contributed by atoms with Crippen molar-refractivity contribution >= 4 is 45.8 Å². The van der Waals surface area contributed by atoms with Crippen LogP contribution in [-0.2, 0) is 4.79 Å². The van der Waals surface area contributed by atoms with Crippen molar-refractivity contribution in [1.29, 1.82) is 0 Å². The molecule has 82 valence electrons. The monoisotopic (exact) mass is 341 g/mol. The lowest BCUT2D eigenvalue weighted by molar-refractivity contribution is -0.146. The molecule has 0 aliphatic rings. The van der Waals surface area contributed by atoms with Crippen LogP contribution in [0.2, 0.25) is 0 Å². The molecule has 0 saturated heterocycles. The number of hydrogen-bond donors (Lipinski definition) is 3. The Labute approximate surface area is 103 Å². The number of rotatable bonds is 4. The van der Waals surface area contributed by atoms with E-state index in [9.17, 15) is 9.59 Å². The zero-order chi connectivity index (χ0) is 11.4. The number of aliphatic carboxylic acids is 1. The summed E-state index contributed by atoms with van der Waals surface area (Å²) >= 11 is 3.50. The number of aliphatic hydroxyl groups is 1. The number of carbonyl (C=O) groups excluding carboxylic acids is 1. The number of halogens is 1. The minimum atomic E-state index is -1.56. The highest BCUT2D eigenvalue weighted by Crippen LogP contribution is 2.16. The van der Waals surface area contributed by atoms with Gasteiger partial charge < -0.3 is 15.5 Å². The molecular weight excluding hydrogens is 333 g/mol. The summed E-state index contributed by atoms with van der Waals surface area (Å²) in [4.78, 5) is 21.6. The van der Waals surface area contributed by atoms with Crippen molar-refractivity contribution in [1.82, 2.24) is 5.32 Å². The van der Waals surface area contributed by atoms with Gasteiger partial charge in [0.2, 0.25) is 0 Å². The third-order valence-electron chi connectivity index (χ3n) is 1.57. The van der Waals surface area contributed by atoms with Gasteiger partial charge in [-0.3, -0.25) is 4.79 Å². The van der Waals surface area contributed by atoms with E-state index < -0.39 is 12.1 Å². The molecule has 0 aliphatic carbocycles. The van der Waals surface area contributed by atoms with E-state index in [1.54, 1.807) is 11.4 Å². The van der Waals surface area contributed by atoms with E-state index in [1.165, 1.54) is 11.3 Å². The SMILES string of the molecule is O=C(NCC(O)C(=O)O)c1csc(I)c1. The van der Waals surface area contributed by atoms with E-state index >= 15 is 0 Å². The summed E-state index contributed by atoms with van der Waals surface area (Å²) in [5.74, 6) is -1.73. The first-order valence-corrected chi connectivity index (χ1v) is 5.89. The standard InChI is InChI=1S/C8H8INO4S/c9-6-1-4(3-15-6)7(12)10-2-5(11)8(13)14/h1,3,5,11H,2H2,(H,10,12)(H,13,14). The molecule has 0 spiro atoms. The number of hydrogen-bond acceptors (Lipinski definition) is 4. The number of carbonyl (C=O) groups is 2. The maximum Gasteiger partial charge on any atom is 0.334 e. The molecule has 1 unspecified atom stereocenters. The predicted octanol–water partition coefficient (Wildman–Crippen LogP) is 0.528. The Kier molecular flexibility index (Phi) is 4.48. The van der Waals surface area contributed by atoms with Gasteiger partial charge in [-0.2, -0.15) is 0 Å². The average molecular weight is 341 g/mol. The molecule has 5 nitrogen and oxygen atoms in total. The third kappa shape index (κ3) is 3.76. The van der Waals surface area contributed by atoms with Gasteiger partial charge in [0.05, 0.1) is 15.0 Å². The van der Waals surface area contributed by atoms with Gasteiger partial charge >= 0.3 is 5.97 Å². The highest BCUT2D eigenvalue weighted by atomic mass is 127. The summed E-state index contributed by atoms with van der Waals surface area (Å²) in [6, 6.07) is 1.69. The average Bonchev–Trinajstić information content (AvgIpc) is 2.60. The summed E-state index contributed by atoms with van der Waals surface area (Å²) < 4.78 is 0.969. The Hall–Kier alpha value is -0.670. The first-order chi connectivity index (χ1) is 7.00. The van der Waals surface area contributed by atoms with Gasteiger partial charge in [0.1, 0.15) is 0 Å². The van der Waals surface area contributed by atoms with Crippen molar-refractivity contribution in [2.45, 2.75) is 6.10 Å². The minimum absolute atomic E-state index is 0.291. The van der Waals surface area contributed by atoms with Crippen LogP contribution in [0.3, 0.4) is 0 Å². The van der Waals surface area contributed by atoms with Crippen LogP contribution in [0.4, 0.5) is 0 Å². The quantitative estimate of drug-likeness (QED) is 0.698. The van der Waals surface area contributed by atoms with Crippen molar-refractivity contribution in [2.75, 3.05) is 6.54 Å².